The van der Waals surface area contributed by atoms with Crippen LogP contribution in [0, 0.1) is 12.8 Å². The van der Waals surface area contributed by atoms with Crippen molar-refractivity contribution in [3.8, 4) is 11.4 Å². The van der Waals surface area contributed by atoms with E-state index in [2.05, 4.69) is 10.1 Å². The standard InChI is InChI=1S/C20H26N4O6S2/c1-14-21-18(22-30-14)16-12-17(31-13-16)32(26,27)24-6-2-15(3-7-24)19(25)23-8-4-20(5-9-23)28-10-11-29-20/h12-13,15H,2-11H2,1H3. The highest BCUT2D eigenvalue weighted by molar-refractivity contribution is 7.91. The van der Waals surface area contributed by atoms with Crippen molar-refractivity contribution in [1.82, 2.24) is 19.3 Å². The van der Waals surface area contributed by atoms with Gasteiger partial charge in [-0.05, 0) is 18.9 Å². The van der Waals surface area contributed by atoms with Crippen molar-refractivity contribution < 1.29 is 27.2 Å². The Morgan fingerprint density at radius 3 is 2.47 bits per heavy atom. The molecule has 0 aromatic carbocycles. The fraction of sp³-hybridized carbons (Fsp3) is 0.650. The predicted molar refractivity (Wildman–Crippen MR) is 114 cm³/mol. The first kappa shape index (κ1) is 22.0. The van der Waals surface area contributed by atoms with Crippen molar-refractivity contribution in [3.63, 3.8) is 0 Å². The number of thiophene rings is 1. The zero-order valence-corrected chi connectivity index (χ0v) is 19.5. The Kier molecular flexibility index (Phi) is 5.82. The van der Waals surface area contributed by atoms with E-state index in [1.54, 1.807) is 18.4 Å². The summed E-state index contributed by atoms with van der Waals surface area (Å²) in [6.07, 6.45) is 2.42. The van der Waals surface area contributed by atoms with Crippen molar-refractivity contribution in [2.75, 3.05) is 39.4 Å². The van der Waals surface area contributed by atoms with Gasteiger partial charge in [-0.2, -0.15) is 9.29 Å². The summed E-state index contributed by atoms with van der Waals surface area (Å²) in [7, 11) is -3.62. The molecule has 3 aliphatic rings. The van der Waals surface area contributed by atoms with Gasteiger partial charge in [-0.1, -0.05) is 5.16 Å². The van der Waals surface area contributed by atoms with E-state index in [9.17, 15) is 13.2 Å². The van der Waals surface area contributed by atoms with Gasteiger partial charge in [0.05, 0.1) is 13.2 Å². The number of hydrogen-bond donors (Lipinski definition) is 0. The summed E-state index contributed by atoms with van der Waals surface area (Å²) in [4.78, 5) is 19.0. The average Bonchev–Trinajstić information content (AvgIpc) is 3.55. The Morgan fingerprint density at radius 2 is 1.84 bits per heavy atom. The summed E-state index contributed by atoms with van der Waals surface area (Å²) < 4.78 is 44.4. The number of likely N-dealkylation sites (tertiary alicyclic amines) is 1. The van der Waals surface area contributed by atoms with E-state index in [0.29, 0.717) is 82.4 Å². The second-order valence-electron chi connectivity index (χ2n) is 8.40. The summed E-state index contributed by atoms with van der Waals surface area (Å²) in [5, 5.41) is 5.56. The monoisotopic (exact) mass is 482 g/mol. The third kappa shape index (κ3) is 4.10. The highest BCUT2D eigenvalue weighted by Gasteiger charge is 2.42. The van der Waals surface area contributed by atoms with Gasteiger partial charge in [-0.15, -0.1) is 11.3 Å². The number of amides is 1. The third-order valence-corrected chi connectivity index (χ3v) is 9.72. The molecule has 0 atom stereocenters. The smallest absolute Gasteiger partial charge is 0.252 e. The van der Waals surface area contributed by atoms with Crippen molar-refractivity contribution >= 4 is 27.3 Å². The van der Waals surface area contributed by atoms with Gasteiger partial charge in [0.2, 0.25) is 17.6 Å². The number of ether oxygens (including phenoxy) is 2. The number of aromatic nitrogens is 2. The number of rotatable bonds is 4. The second kappa shape index (κ2) is 8.49. The minimum atomic E-state index is -3.62. The normalized spacial score (nSPS) is 22.6. The second-order valence-corrected chi connectivity index (χ2v) is 11.5. The summed E-state index contributed by atoms with van der Waals surface area (Å²) in [5.74, 6) is 0.257. The van der Waals surface area contributed by atoms with E-state index in [1.807, 2.05) is 4.90 Å². The molecule has 0 aliphatic carbocycles. The zero-order chi connectivity index (χ0) is 22.3. The maximum absolute atomic E-state index is 13.1. The van der Waals surface area contributed by atoms with Crippen LogP contribution in [0.5, 0.6) is 0 Å². The molecule has 10 nitrogen and oxygen atoms in total. The highest BCUT2D eigenvalue weighted by Crippen LogP contribution is 2.34. The van der Waals surface area contributed by atoms with Crippen molar-refractivity contribution in [2.45, 2.75) is 42.6 Å². The molecule has 0 radical (unpaired) electrons. The molecule has 174 valence electrons. The number of nitrogens with zero attached hydrogens (tertiary/aromatic N) is 4. The van der Waals surface area contributed by atoms with Gasteiger partial charge >= 0.3 is 0 Å². The summed E-state index contributed by atoms with van der Waals surface area (Å²) >= 11 is 1.14. The van der Waals surface area contributed by atoms with Gasteiger partial charge in [0.15, 0.2) is 5.79 Å². The van der Waals surface area contributed by atoms with E-state index in [-0.39, 0.29) is 16.0 Å². The number of piperidine rings is 2. The van der Waals surface area contributed by atoms with Crippen LogP contribution in [0.15, 0.2) is 20.2 Å². The number of aryl methyl sites for hydroxylation is 1. The highest BCUT2D eigenvalue weighted by atomic mass is 32.2. The molecule has 0 saturated carbocycles. The van der Waals surface area contributed by atoms with Gasteiger partial charge in [0, 0.05) is 62.8 Å². The molecule has 3 fully saturated rings. The number of carbonyl (C=O) groups is 1. The Labute approximate surface area is 190 Å². The van der Waals surface area contributed by atoms with Crippen LogP contribution >= 0.6 is 11.3 Å². The molecule has 5 heterocycles. The number of carbonyl (C=O) groups excluding carboxylic acids is 1. The molecule has 2 aromatic rings. The van der Waals surface area contributed by atoms with Gasteiger partial charge in [-0.3, -0.25) is 4.79 Å². The molecule has 12 heteroatoms. The topological polar surface area (TPSA) is 115 Å². The van der Waals surface area contributed by atoms with Crippen LogP contribution in [0.25, 0.3) is 11.4 Å². The minimum Gasteiger partial charge on any atom is -0.347 e. The van der Waals surface area contributed by atoms with E-state index >= 15 is 0 Å². The molecule has 3 aliphatic heterocycles. The molecule has 2 aromatic heterocycles. The lowest BCUT2D eigenvalue weighted by molar-refractivity contribution is -0.188. The lowest BCUT2D eigenvalue weighted by Gasteiger charge is -2.40. The molecule has 1 spiro atoms. The molecule has 0 N–H and O–H groups in total. The lowest BCUT2D eigenvalue weighted by atomic mass is 9.94. The predicted octanol–water partition coefficient (Wildman–Crippen LogP) is 1.87. The molecular weight excluding hydrogens is 456 g/mol. The number of sulfonamides is 1. The average molecular weight is 483 g/mol. The first-order chi connectivity index (χ1) is 15.4. The first-order valence-electron chi connectivity index (χ1n) is 10.8. The lowest BCUT2D eigenvalue weighted by Crippen LogP contribution is -2.50. The van der Waals surface area contributed by atoms with Crippen molar-refractivity contribution in [1.29, 1.82) is 0 Å². The largest absolute Gasteiger partial charge is 0.347 e. The van der Waals surface area contributed by atoms with Crippen LogP contribution in [-0.2, 0) is 24.3 Å². The van der Waals surface area contributed by atoms with Gasteiger partial charge in [-0.25, -0.2) is 8.42 Å². The van der Waals surface area contributed by atoms with E-state index in [4.69, 9.17) is 14.0 Å². The molecular formula is C20H26N4O6S2. The maximum Gasteiger partial charge on any atom is 0.252 e. The fourth-order valence-corrected chi connectivity index (χ4v) is 7.35. The Balaban J connectivity index is 1.18. The number of hydrogen-bond acceptors (Lipinski definition) is 9. The Hall–Kier alpha value is -1.86. The SMILES string of the molecule is Cc1nc(-c2csc(S(=O)(=O)N3CCC(C(=O)N4CCC5(CC4)OCCO5)CC3)c2)no1. The first-order valence-corrected chi connectivity index (χ1v) is 13.1. The summed E-state index contributed by atoms with van der Waals surface area (Å²) in [6.45, 7) is 4.80. The minimum absolute atomic E-state index is 0.112. The maximum atomic E-state index is 13.1. The third-order valence-electron chi connectivity index (χ3n) is 6.41. The Morgan fingerprint density at radius 1 is 1.16 bits per heavy atom. The Bertz CT molecular complexity index is 1070. The molecule has 1 amide bonds. The van der Waals surface area contributed by atoms with E-state index < -0.39 is 15.8 Å². The van der Waals surface area contributed by atoms with Crippen molar-refractivity contribution in [3.05, 3.63) is 17.3 Å². The molecule has 5 rings (SSSR count). The molecule has 0 unspecified atom stereocenters. The van der Waals surface area contributed by atoms with E-state index in [0.717, 1.165) is 11.3 Å². The molecule has 32 heavy (non-hydrogen) atoms. The van der Waals surface area contributed by atoms with Crippen LogP contribution in [-0.4, -0.2) is 78.9 Å². The summed E-state index contributed by atoms with van der Waals surface area (Å²) in [5.41, 5.74) is 0.619. The quantitative estimate of drug-likeness (QED) is 0.649. The van der Waals surface area contributed by atoms with Gasteiger partial charge in [0.25, 0.3) is 10.0 Å². The van der Waals surface area contributed by atoms with Crippen LogP contribution in [0.1, 0.15) is 31.6 Å². The zero-order valence-electron chi connectivity index (χ0n) is 17.9. The van der Waals surface area contributed by atoms with Crippen LogP contribution in [0.4, 0.5) is 0 Å². The van der Waals surface area contributed by atoms with Gasteiger partial charge in [0.1, 0.15) is 4.21 Å². The van der Waals surface area contributed by atoms with Crippen LogP contribution in [0.2, 0.25) is 0 Å². The van der Waals surface area contributed by atoms with E-state index in [1.165, 1.54) is 4.31 Å². The fourth-order valence-electron chi connectivity index (χ4n) is 4.57. The van der Waals surface area contributed by atoms with Crippen molar-refractivity contribution in [2.24, 2.45) is 5.92 Å². The summed E-state index contributed by atoms with van der Waals surface area (Å²) in [6, 6.07) is 1.58. The van der Waals surface area contributed by atoms with Gasteiger partial charge < -0.3 is 18.9 Å². The molecule has 3 saturated heterocycles. The van der Waals surface area contributed by atoms with Crippen LogP contribution in [0.3, 0.4) is 0 Å². The molecule has 0 bridgehead atoms. The van der Waals surface area contributed by atoms with Crippen LogP contribution < -0.4 is 0 Å².